The highest BCUT2D eigenvalue weighted by atomic mass is 32.1. The van der Waals surface area contributed by atoms with Crippen LogP contribution in [0, 0.1) is 11.3 Å². The van der Waals surface area contributed by atoms with Gasteiger partial charge < -0.3 is 9.52 Å². The topological polar surface area (TPSA) is 70.0 Å². The third-order valence-corrected chi connectivity index (χ3v) is 4.57. The van der Waals surface area contributed by atoms with Crippen molar-refractivity contribution >= 4 is 43.9 Å². The van der Waals surface area contributed by atoms with E-state index in [4.69, 9.17) is 4.42 Å². The van der Waals surface area contributed by atoms with Gasteiger partial charge in [0.15, 0.2) is 11.5 Å². The van der Waals surface area contributed by atoms with Gasteiger partial charge in [0, 0.05) is 5.39 Å². The first kappa shape index (κ1) is 13.6. The Hall–Kier alpha value is -3.10. The third kappa shape index (κ3) is 2.26. The third-order valence-electron chi connectivity index (χ3n) is 3.52. The van der Waals surface area contributed by atoms with Gasteiger partial charge >= 0.3 is 0 Å². The van der Waals surface area contributed by atoms with Crippen LogP contribution in [0.5, 0.6) is 0 Å². The smallest absolute Gasteiger partial charge is 0.179 e. The number of rotatable bonds is 2. The molecule has 0 bridgehead atoms. The first-order chi connectivity index (χ1) is 11.3. The van der Waals surface area contributed by atoms with Crippen molar-refractivity contribution in [1.82, 2.24) is 4.98 Å². The molecule has 1 N–H and O–H groups in total. The van der Waals surface area contributed by atoms with Crippen LogP contribution in [0.1, 0.15) is 10.8 Å². The number of hydrogen-bond donors (Lipinski definition) is 1. The summed E-state index contributed by atoms with van der Waals surface area (Å²) in [6, 6.07) is 18.8. The summed E-state index contributed by atoms with van der Waals surface area (Å²) in [6.45, 7) is 0. The summed E-state index contributed by atoms with van der Waals surface area (Å²) < 4.78 is 6.59. The first-order valence-corrected chi connectivity index (χ1v) is 7.76. The molecule has 0 aliphatic heterocycles. The van der Waals surface area contributed by atoms with E-state index in [2.05, 4.69) is 4.98 Å². The highest BCUT2D eigenvalue weighted by Crippen LogP contribution is 2.32. The second kappa shape index (κ2) is 5.27. The van der Waals surface area contributed by atoms with Crippen LogP contribution in [0.25, 0.3) is 32.5 Å². The van der Waals surface area contributed by atoms with Crippen molar-refractivity contribution in [1.29, 1.82) is 5.26 Å². The summed E-state index contributed by atoms with van der Waals surface area (Å²) in [5, 5.41) is 21.3. The SMILES string of the molecule is N#CC(=C(O)c1cc2ccccc2o1)c1nc2ccccc2s1. The summed E-state index contributed by atoms with van der Waals surface area (Å²) in [4.78, 5) is 4.42. The van der Waals surface area contributed by atoms with E-state index >= 15 is 0 Å². The molecule has 0 saturated carbocycles. The number of furan rings is 1. The Morgan fingerprint density at radius 2 is 1.91 bits per heavy atom. The predicted octanol–water partition coefficient (Wildman–Crippen LogP) is 4.99. The standard InChI is InChI=1S/C18H10N2O2S/c19-10-12(18-20-13-6-2-4-8-16(13)23-18)17(21)15-9-11-5-1-3-7-14(11)22-15/h1-9,21H. The minimum Gasteiger partial charge on any atom is -0.503 e. The Bertz CT molecular complexity index is 1030. The number of para-hydroxylation sites is 2. The molecule has 0 aliphatic carbocycles. The lowest BCUT2D eigenvalue weighted by Gasteiger charge is -1.97. The Morgan fingerprint density at radius 3 is 2.70 bits per heavy atom. The summed E-state index contributed by atoms with van der Waals surface area (Å²) >= 11 is 1.37. The van der Waals surface area contributed by atoms with Crippen LogP contribution < -0.4 is 0 Å². The van der Waals surface area contributed by atoms with Gasteiger partial charge in [-0.05, 0) is 24.3 Å². The van der Waals surface area contributed by atoms with Crippen LogP contribution in [-0.2, 0) is 0 Å². The second-order valence-electron chi connectivity index (χ2n) is 4.97. The molecule has 4 nitrogen and oxygen atoms in total. The maximum atomic E-state index is 10.5. The van der Waals surface area contributed by atoms with E-state index in [9.17, 15) is 10.4 Å². The molecule has 0 amide bonds. The lowest BCUT2D eigenvalue weighted by molar-refractivity contribution is 0.473. The van der Waals surface area contributed by atoms with E-state index in [1.807, 2.05) is 54.6 Å². The van der Waals surface area contributed by atoms with Crippen LogP contribution in [0.2, 0.25) is 0 Å². The summed E-state index contributed by atoms with van der Waals surface area (Å²) in [5.74, 6) is 0.0739. The molecule has 0 saturated heterocycles. The van der Waals surface area contributed by atoms with E-state index in [-0.39, 0.29) is 17.1 Å². The second-order valence-corrected chi connectivity index (χ2v) is 6.00. The van der Waals surface area contributed by atoms with Crippen molar-refractivity contribution in [3.63, 3.8) is 0 Å². The molecule has 0 fully saturated rings. The van der Waals surface area contributed by atoms with E-state index in [0.717, 1.165) is 15.6 Å². The molecule has 2 aromatic carbocycles. The Kier molecular flexibility index (Phi) is 3.11. The zero-order chi connectivity index (χ0) is 15.8. The lowest BCUT2D eigenvalue weighted by atomic mass is 10.2. The molecule has 4 rings (SSSR count). The van der Waals surface area contributed by atoms with Gasteiger partial charge in [-0.3, -0.25) is 0 Å². The van der Waals surface area contributed by atoms with Crippen molar-refractivity contribution in [2.24, 2.45) is 0 Å². The average Bonchev–Trinajstić information content (AvgIpc) is 3.19. The molecular formula is C18H10N2O2S. The molecule has 2 aromatic heterocycles. The minimum absolute atomic E-state index is 0.116. The number of aliphatic hydroxyl groups is 1. The van der Waals surface area contributed by atoms with Crippen molar-refractivity contribution in [3.05, 3.63) is 65.4 Å². The highest BCUT2D eigenvalue weighted by Gasteiger charge is 2.18. The van der Waals surface area contributed by atoms with Gasteiger partial charge in [0.05, 0.1) is 10.2 Å². The van der Waals surface area contributed by atoms with E-state index in [1.165, 1.54) is 11.3 Å². The van der Waals surface area contributed by atoms with Gasteiger partial charge in [0.25, 0.3) is 0 Å². The van der Waals surface area contributed by atoms with Gasteiger partial charge in [-0.15, -0.1) is 11.3 Å². The monoisotopic (exact) mass is 318 g/mol. The molecule has 0 aliphatic rings. The Labute approximate surface area is 135 Å². The number of aromatic nitrogens is 1. The number of hydrogen-bond acceptors (Lipinski definition) is 5. The molecule has 0 unspecified atom stereocenters. The van der Waals surface area contributed by atoms with E-state index in [1.54, 1.807) is 6.07 Å². The predicted molar refractivity (Wildman–Crippen MR) is 90.9 cm³/mol. The van der Waals surface area contributed by atoms with Crippen molar-refractivity contribution in [2.45, 2.75) is 0 Å². The fourth-order valence-corrected chi connectivity index (χ4v) is 3.36. The number of nitriles is 1. The molecule has 23 heavy (non-hydrogen) atoms. The number of aliphatic hydroxyl groups excluding tert-OH is 1. The highest BCUT2D eigenvalue weighted by molar-refractivity contribution is 7.19. The number of fused-ring (bicyclic) bond motifs is 2. The zero-order valence-corrected chi connectivity index (χ0v) is 12.7. The normalized spacial score (nSPS) is 12.3. The lowest BCUT2D eigenvalue weighted by Crippen LogP contribution is -1.87. The van der Waals surface area contributed by atoms with Gasteiger partial charge in [-0.25, -0.2) is 4.98 Å². The molecule has 5 heteroatoms. The maximum Gasteiger partial charge on any atom is 0.179 e. The Balaban J connectivity index is 1.89. The van der Waals surface area contributed by atoms with Crippen LogP contribution in [-0.4, -0.2) is 10.1 Å². The fourth-order valence-electron chi connectivity index (χ4n) is 2.40. The molecule has 4 aromatic rings. The van der Waals surface area contributed by atoms with Gasteiger partial charge in [0.2, 0.25) is 0 Å². The van der Waals surface area contributed by atoms with E-state index < -0.39 is 0 Å². The zero-order valence-electron chi connectivity index (χ0n) is 11.9. The largest absolute Gasteiger partial charge is 0.503 e. The summed E-state index contributed by atoms with van der Waals surface area (Å²) in [6.07, 6.45) is 0. The maximum absolute atomic E-state index is 10.5. The summed E-state index contributed by atoms with van der Waals surface area (Å²) in [7, 11) is 0. The van der Waals surface area contributed by atoms with Crippen LogP contribution in [0.4, 0.5) is 0 Å². The molecule has 0 atom stereocenters. The molecule has 0 spiro atoms. The van der Waals surface area contributed by atoms with Gasteiger partial charge in [-0.1, -0.05) is 30.3 Å². The van der Waals surface area contributed by atoms with Crippen LogP contribution in [0.15, 0.2) is 59.0 Å². The average molecular weight is 318 g/mol. The van der Waals surface area contributed by atoms with Gasteiger partial charge in [0.1, 0.15) is 22.2 Å². The summed E-state index contributed by atoms with van der Waals surface area (Å²) in [5.41, 5.74) is 1.58. The number of thiazole rings is 1. The minimum atomic E-state index is -0.192. The number of nitrogens with zero attached hydrogens (tertiary/aromatic N) is 2. The number of allylic oxidation sites excluding steroid dienone is 1. The van der Waals surface area contributed by atoms with Crippen molar-refractivity contribution in [2.75, 3.05) is 0 Å². The molecule has 0 radical (unpaired) electrons. The van der Waals surface area contributed by atoms with Crippen molar-refractivity contribution < 1.29 is 9.52 Å². The molecule has 110 valence electrons. The number of benzene rings is 2. The fraction of sp³-hybridized carbons (Fsp3) is 0. The molecule has 2 heterocycles. The van der Waals surface area contributed by atoms with Crippen LogP contribution in [0.3, 0.4) is 0 Å². The van der Waals surface area contributed by atoms with E-state index in [0.29, 0.717) is 10.6 Å². The molecular weight excluding hydrogens is 308 g/mol. The van der Waals surface area contributed by atoms with Gasteiger partial charge in [-0.2, -0.15) is 5.26 Å². The Morgan fingerprint density at radius 1 is 1.13 bits per heavy atom. The first-order valence-electron chi connectivity index (χ1n) is 6.94. The quantitative estimate of drug-likeness (QED) is 0.417. The van der Waals surface area contributed by atoms with Crippen LogP contribution >= 0.6 is 11.3 Å². The van der Waals surface area contributed by atoms with Crippen molar-refractivity contribution in [3.8, 4) is 6.07 Å².